The lowest BCUT2D eigenvalue weighted by Gasteiger charge is -2.13. The first-order valence-corrected chi connectivity index (χ1v) is 12.8. The lowest BCUT2D eigenvalue weighted by molar-refractivity contribution is 0.0951. The van der Waals surface area contributed by atoms with E-state index in [0.29, 0.717) is 17.7 Å². The van der Waals surface area contributed by atoms with Crippen molar-refractivity contribution in [3.05, 3.63) is 96.1 Å². The highest BCUT2D eigenvalue weighted by Crippen LogP contribution is 2.32. The summed E-state index contributed by atoms with van der Waals surface area (Å²) in [6.07, 6.45) is 4.99. The average Bonchev–Trinajstić information content (AvgIpc) is 2.87. The van der Waals surface area contributed by atoms with Crippen LogP contribution >= 0.6 is 0 Å². The van der Waals surface area contributed by atoms with Crippen molar-refractivity contribution < 1.29 is 22.3 Å². The van der Waals surface area contributed by atoms with Crippen molar-refractivity contribution in [2.45, 2.75) is 36.1 Å². The summed E-state index contributed by atoms with van der Waals surface area (Å²) in [5.74, 6) is -1.12. The number of carbonyl (C=O) groups is 1. The highest BCUT2D eigenvalue weighted by atomic mass is 32.2. The normalized spacial score (nSPS) is 11.4. The van der Waals surface area contributed by atoms with Crippen molar-refractivity contribution in [2.75, 3.05) is 6.61 Å². The second-order valence-electron chi connectivity index (χ2n) is 8.04. The van der Waals surface area contributed by atoms with E-state index < -0.39 is 20.5 Å². The van der Waals surface area contributed by atoms with E-state index in [1.54, 1.807) is 36.7 Å². The molecule has 6 nitrogen and oxygen atoms in total. The molecule has 0 atom stereocenters. The van der Waals surface area contributed by atoms with Gasteiger partial charge in [-0.15, -0.1) is 0 Å². The van der Waals surface area contributed by atoms with Crippen molar-refractivity contribution in [1.82, 2.24) is 10.3 Å². The Labute approximate surface area is 203 Å². The number of halogens is 1. The Morgan fingerprint density at radius 2 is 1.83 bits per heavy atom. The lowest BCUT2D eigenvalue weighted by atomic mass is 10.1. The van der Waals surface area contributed by atoms with E-state index in [9.17, 15) is 17.6 Å². The smallest absolute Gasteiger partial charge is 0.251 e. The number of rotatable bonds is 9. The zero-order valence-corrected chi connectivity index (χ0v) is 20.0. The van der Waals surface area contributed by atoms with Crippen LogP contribution in [0.4, 0.5) is 4.39 Å². The molecule has 4 aromatic rings. The minimum absolute atomic E-state index is 0.000347. The molecule has 35 heavy (non-hydrogen) atoms. The van der Waals surface area contributed by atoms with Gasteiger partial charge in [-0.3, -0.25) is 9.78 Å². The zero-order valence-electron chi connectivity index (χ0n) is 19.2. The van der Waals surface area contributed by atoms with Crippen LogP contribution in [0.1, 0.15) is 35.7 Å². The topological polar surface area (TPSA) is 85.4 Å². The summed E-state index contributed by atoms with van der Waals surface area (Å²) >= 11 is 0. The molecular formula is C27H25FN2O4S. The number of amides is 1. The number of hydrogen-bond acceptors (Lipinski definition) is 5. The molecule has 0 spiro atoms. The molecule has 3 aromatic carbocycles. The first-order valence-electron chi connectivity index (χ1n) is 11.3. The van der Waals surface area contributed by atoms with Gasteiger partial charge in [0, 0.05) is 29.9 Å². The second kappa shape index (κ2) is 10.7. The van der Waals surface area contributed by atoms with Crippen LogP contribution in [-0.2, 0) is 16.4 Å². The third-order valence-electron chi connectivity index (χ3n) is 5.54. The highest BCUT2D eigenvalue weighted by molar-refractivity contribution is 7.91. The van der Waals surface area contributed by atoms with E-state index in [4.69, 9.17) is 4.74 Å². The van der Waals surface area contributed by atoms with E-state index in [1.807, 2.05) is 19.1 Å². The number of hydrogen-bond donors (Lipinski definition) is 1. The third kappa shape index (κ3) is 5.49. The second-order valence-corrected chi connectivity index (χ2v) is 9.92. The fourth-order valence-corrected chi connectivity index (χ4v) is 5.05. The summed E-state index contributed by atoms with van der Waals surface area (Å²) in [4.78, 5) is 16.1. The molecule has 180 valence electrons. The first kappa shape index (κ1) is 24.3. The van der Waals surface area contributed by atoms with Crippen molar-refractivity contribution >= 4 is 26.5 Å². The molecule has 8 heteroatoms. The van der Waals surface area contributed by atoms with Crippen molar-refractivity contribution in [3.8, 4) is 5.75 Å². The van der Waals surface area contributed by atoms with Gasteiger partial charge in [0.25, 0.3) is 5.91 Å². The minimum Gasteiger partial charge on any atom is -0.492 e. The predicted molar refractivity (Wildman–Crippen MR) is 132 cm³/mol. The van der Waals surface area contributed by atoms with Crippen molar-refractivity contribution in [3.63, 3.8) is 0 Å². The molecule has 0 radical (unpaired) electrons. The Balaban J connectivity index is 1.48. The summed E-state index contributed by atoms with van der Waals surface area (Å²) in [7, 11) is -4.14. The summed E-state index contributed by atoms with van der Waals surface area (Å²) < 4.78 is 46.5. The molecule has 0 bridgehead atoms. The maximum Gasteiger partial charge on any atom is 0.251 e. The first-order chi connectivity index (χ1) is 16.9. The molecule has 0 aliphatic rings. The molecule has 1 N–H and O–H groups in total. The Hall–Kier alpha value is -3.78. The van der Waals surface area contributed by atoms with Crippen molar-refractivity contribution in [1.29, 1.82) is 0 Å². The molecule has 4 rings (SSSR count). The van der Waals surface area contributed by atoms with E-state index in [0.717, 1.165) is 29.7 Å². The number of unbranched alkanes of at least 4 members (excludes halogenated alkanes) is 1. The van der Waals surface area contributed by atoms with Gasteiger partial charge in [-0.1, -0.05) is 37.6 Å². The third-order valence-corrected chi connectivity index (χ3v) is 7.37. The predicted octanol–water partition coefficient (Wildman–Crippen LogP) is 5.32. The van der Waals surface area contributed by atoms with Gasteiger partial charge in [-0.25, -0.2) is 12.8 Å². The van der Waals surface area contributed by atoms with Crippen LogP contribution in [0, 0.1) is 5.82 Å². The molecule has 0 unspecified atom stereocenters. The molecule has 0 aliphatic heterocycles. The maximum absolute atomic E-state index is 14.6. The molecule has 1 amide bonds. The number of fused-ring (bicyclic) bond motifs is 1. The minimum atomic E-state index is -4.14. The van der Waals surface area contributed by atoms with Gasteiger partial charge in [-0.2, -0.15) is 0 Å². The summed E-state index contributed by atoms with van der Waals surface area (Å²) in [6, 6.07) is 17.2. The van der Waals surface area contributed by atoms with Gasteiger partial charge < -0.3 is 10.1 Å². The van der Waals surface area contributed by atoms with Crippen molar-refractivity contribution in [2.24, 2.45) is 0 Å². The average molecular weight is 493 g/mol. The Kier molecular flexibility index (Phi) is 7.41. The number of sulfone groups is 1. The molecule has 0 saturated carbocycles. The van der Waals surface area contributed by atoms with Crippen LogP contribution in [0.25, 0.3) is 10.8 Å². The lowest BCUT2D eigenvalue weighted by Crippen LogP contribution is -2.22. The SMILES string of the molecule is CCCCOc1cccc(F)c1S(=O)(=O)c1ccc(CNC(=O)c2ccc3ccncc3c2)cc1. The number of aromatic nitrogens is 1. The van der Waals surface area contributed by atoms with Gasteiger partial charge in [0.1, 0.15) is 16.5 Å². The van der Waals surface area contributed by atoms with Crippen LogP contribution in [0.2, 0.25) is 0 Å². The maximum atomic E-state index is 14.6. The number of benzene rings is 3. The monoisotopic (exact) mass is 492 g/mol. The molecule has 1 heterocycles. The number of pyridine rings is 1. The summed E-state index contributed by atoms with van der Waals surface area (Å²) in [6.45, 7) is 2.49. The van der Waals surface area contributed by atoms with E-state index in [2.05, 4.69) is 10.3 Å². The summed E-state index contributed by atoms with van der Waals surface area (Å²) in [5.41, 5.74) is 1.20. The van der Waals surface area contributed by atoms with Gasteiger partial charge in [0.05, 0.1) is 11.5 Å². The van der Waals surface area contributed by atoms with Gasteiger partial charge in [0.2, 0.25) is 9.84 Å². The Morgan fingerprint density at radius 1 is 1.03 bits per heavy atom. The fourth-order valence-electron chi connectivity index (χ4n) is 3.60. The zero-order chi connectivity index (χ0) is 24.8. The number of carbonyl (C=O) groups excluding carboxylic acids is 1. The molecule has 0 fully saturated rings. The standard InChI is InChI=1S/C27H25FN2O4S/c1-2-3-15-34-25-6-4-5-24(28)26(25)35(32,33)23-11-7-19(8-12-23)17-30-27(31)21-10-9-20-13-14-29-18-22(20)16-21/h4-14,16,18H,2-3,15,17H2,1H3,(H,30,31). The van der Waals surface area contributed by atoms with E-state index in [1.165, 1.54) is 24.3 Å². The number of nitrogens with one attached hydrogen (secondary N) is 1. The summed E-state index contributed by atoms with van der Waals surface area (Å²) in [5, 5.41) is 4.68. The highest BCUT2D eigenvalue weighted by Gasteiger charge is 2.26. The van der Waals surface area contributed by atoms with Gasteiger partial charge >= 0.3 is 0 Å². The van der Waals surface area contributed by atoms with Crippen LogP contribution in [0.15, 0.2) is 88.9 Å². The van der Waals surface area contributed by atoms with E-state index >= 15 is 0 Å². The van der Waals surface area contributed by atoms with Crippen LogP contribution in [0.5, 0.6) is 5.75 Å². The molecule has 0 saturated heterocycles. The van der Waals surface area contributed by atoms with Gasteiger partial charge in [0.15, 0.2) is 0 Å². The number of nitrogens with zero attached hydrogens (tertiary/aromatic N) is 1. The number of ether oxygens (including phenoxy) is 1. The van der Waals surface area contributed by atoms with Gasteiger partial charge in [-0.05, 0) is 59.8 Å². The van der Waals surface area contributed by atoms with Crippen LogP contribution < -0.4 is 10.1 Å². The largest absolute Gasteiger partial charge is 0.492 e. The molecule has 0 aliphatic carbocycles. The molecular weight excluding hydrogens is 467 g/mol. The fraction of sp³-hybridized carbons (Fsp3) is 0.185. The quantitative estimate of drug-likeness (QED) is 0.320. The Morgan fingerprint density at radius 3 is 2.60 bits per heavy atom. The van der Waals surface area contributed by atoms with E-state index in [-0.39, 0.29) is 23.1 Å². The Bertz CT molecular complexity index is 1450. The van der Waals surface area contributed by atoms with Crippen LogP contribution in [0.3, 0.4) is 0 Å². The van der Waals surface area contributed by atoms with Crippen LogP contribution in [-0.4, -0.2) is 25.9 Å². The molecule has 1 aromatic heterocycles.